The molecule has 0 radical (unpaired) electrons. The van der Waals surface area contributed by atoms with E-state index in [1.165, 1.54) is 5.69 Å². The van der Waals surface area contributed by atoms with Crippen LogP contribution in [-0.4, -0.2) is 89.0 Å². The Balaban J connectivity index is 1.02. The summed E-state index contributed by atoms with van der Waals surface area (Å²) in [7, 11) is 1.67. The molecule has 3 heterocycles. The number of fused-ring (bicyclic) bond motifs is 1. The molecule has 0 bridgehead atoms. The Morgan fingerprint density at radius 3 is 2.47 bits per heavy atom. The molecule has 2 aromatic rings. The first kappa shape index (κ1) is 24.1. The maximum atomic E-state index is 12.6. The molecular weight excluding hydrogens is 462 g/mol. The number of piperazine rings is 1. The minimum Gasteiger partial charge on any atom is -0.497 e. The molecule has 2 aromatic carbocycles. The van der Waals surface area contributed by atoms with Gasteiger partial charge in [-0.05, 0) is 36.4 Å². The molecular formula is C26H33N5O5. The molecule has 3 aliphatic rings. The lowest BCUT2D eigenvalue weighted by Gasteiger charge is -2.36. The molecule has 0 aromatic heterocycles. The van der Waals surface area contributed by atoms with Crippen LogP contribution in [0.4, 0.5) is 16.2 Å². The van der Waals surface area contributed by atoms with Gasteiger partial charge in [-0.2, -0.15) is 0 Å². The Hall–Kier alpha value is -3.66. The van der Waals surface area contributed by atoms with Crippen LogP contribution < -0.4 is 34.6 Å². The number of hydrogen-bond donors (Lipinski definition) is 2. The number of nitrogens with zero attached hydrogens (tertiary/aromatic N) is 3. The number of benzene rings is 2. The van der Waals surface area contributed by atoms with Crippen molar-refractivity contribution in [3.8, 4) is 17.2 Å². The van der Waals surface area contributed by atoms with Gasteiger partial charge in [0.05, 0.1) is 13.2 Å². The molecule has 0 saturated carbocycles. The molecule has 1 unspecified atom stereocenters. The van der Waals surface area contributed by atoms with Gasteiger partial charge in [-0.15, -0.1) is 0 Å². The van der Waals surface area contributed by atoms with Crippen molar-refractivity contribution in [2.45, 2.75) is 12.5 Å². The van der Waals surface area contributed by atoms with E-state index in [4.69, 9.17) is 14.2 Å². The van der Waals surface area contributed by atoms with Gasteiger partial charge in [0.15, 0.2) is 11.5 Å². The molecule has 1 atom stereocenters. The third kappa shape index (κ3) is 5.59. The first-order valence-electron chi connectivity index (χ1n) is 12.4. The Morgan fingerprint density at radius 2 is 1.72 bits per heavy atom. The number of carbonyl (C=O) groups excluding carboxylic acids is 2. The Bertz CT molecular complexity index is 1070. The zero-order valence-electron chi connectivity index (χ0n) is 20.6. The standard InChI is InChI=1S/C26H33N5O5/c1-34-22-5-2-20(3-6-22)30-12-10-29(11-13-30)9-8-27-26(33)28-19-16-25(32)31(18-19)21-4-7-23-24(17-21)36-15-14-35-23/h2-7,17,19H,8-16,18H2,1H3,(H2,27,28,33). The number of anilines is 2. The van der Waals surface area contributed by atoms with Gasteiger partial charge >= 0.3 is 6.03 Å². The topological polar surface area (TPSA) is 95.6 Å². The highest BCUT2D eigenvalue weighted by Gasteiger charge is 2.32. The number of carbonyl (C=O) groups is 2. The second kappa shape index (κ2) is 10.9. The molecule has 3 aliphatic heterocycles. The lowest BCUT2D eigenvalue weighted by molar-refractivity contribution is -0.117. The minimum absolute atomic E-state index is 0.0216. The predicted molar refractivity (Wildman–Crippen MR) is 136 cm³/mol. The van der Waals surface area contributed by atoms with Crippen molar-refractivity contribution in [2.75, 3.05) is 75.9 Å². The second-order valence-electron chi connectivity index (χ2n) is 9.16. The van der Waals surface area contributed by atoms with Crippen LogP contribution in [0.2, 0.25) is 0 Å². The smallest absolute Gasteiger partial charge is 0.315 e. The Labute approximate surface area is 211 Å². The summed E-state index contributed by atoms with van der Waals surface area (Å²) in [6.07, 6.45) is 0.273. The molecule has 5 rings (SSSR count). The summed E-state index contributed by atoms with van der Waals surface area (Å²) in [4.78, 5) is 31.4. The summed E-state index contributed by atoms with van der Waals surface area (Å²) in [6, 6.07) is 13.2. The number of nitrogens with one attached hydrogen (secondary N) is 2. The Kier molecular flexibility index (Phi) is 7.31. The van der Waals surface area contributed by atoms with Crippen LogP contribution in [-0.2, 0) is 4.79 Å². The van der Waals surface area contributed by atoms with Crippen molar-refractivity contribution in [3.05, 3.63) is 42.5 Å². The van der Waals surface area contributed by atoms with Gasteiger partial charge in [0, 0.05) is 69.7 Å². The fourth-order valence-corrected chi connectivity index (χ4v) is 4.84. The van der Waals surface area contributed by atoms with Gasteiger partial charge in [0.25, 0.3) is 0 Å². The molecule has 10 nitrogen and oxygen atoms in total. The maximum Gasteiger partial charge on any atom is 0.315 e. The zero-order valence-corrected chi connectivity index (χ0v) is 20.6. The number of urea groups is 1. The van der Waals surface area contributed by atoms with E-state index in [9.17, 15) is 9.59 Å². The predicted octanol–water partition coefficient (Wildman–Crippen LogP) is 1.69. The average Bonchev–Trinajstić information content (AvgIpc) is 3.28. The fraction of sp³-hybridized carbons (Fsp3) is 0.462. The molecule has 0 aliphatic carbocycles. The van der Waals surface area contributed by atoms with Crippen LogP contribution in [0.1, 0.15) is 6.42 Å². The van der Waals surface area contributed by atoms with E-state index in [2.05, 4.69) is 32.6 Å². The maximum absolute atomic E-state index is 12.6. The number of rotatable bonds is 7. The van der Waals surface area contributed by atoms with Crippen LogP contribution in [0.25, 0.3) is 0 Å². The van der Waals surface area contributed by atoms with E-state index in [1.54, 1.807) is 12.0 Å². The van der Waals surface area contributed by atoms with Gasteiger partial charge in [0.2, 0.25) is 5.91 Å². The van der Waals surface area contributed by atoms with Crippen LogP contribution in [0.3, 0.4) is 0 Å². The van der Waals surface area contributed by atoms with E-state index < -0.39 is 0 Å². The third-order valence-corrected chi connectivity index (χ3v) is 6.82. The summed E-state index contributed by atoms with van der Waals surface area (Å²) < 4.78 is 16.4. The van der Waals surface area contributed by atoms with Crippen LogP contribution in [0, 0.1) is 0 Å². The van der Waals surface area contributed by atoms with Gasteiger partial charge in [-0.3, -0.25) is 9.69 Å². The fourth-order valence-electron chi connectivity index (χ4n) is 4.84. The first-order valence-corrected chi connectivity index (χ1v) is 12.4. The molecule has 2 fully saturated rings. The Morgan fingerprint density at radius 1 is 1.00 bits per heavy atom. The molecule has 36 heavy (non-hydrogen) atoms. The largest absolute Gasteiger partial charge is 0.497 e. The van der Waals surface area contributed by atoms with Gasteiger partial charge in [0.1, 0.15) is 19.0 Å². The lowest BCUT2D eigenvalue weighted by Crippen LogP contribution is -2.50. The highest BCUT2D eigenvalue weighted by atomic mass is 16.6. The van der Waals surface area contributed by atoms with Crippen molar-refractivity contribution in [1.29, 1.82) is 0 Å². The molecule has 2 N–H and O–H groups in total. The number of methoxy groups -OCH3 is 1. The van der Waals surface area contributed by atoms with Crippen LogP contribution in [0.15, 0.2) is 42.5 Å². The average molecular weight is 496 g/mol. The van der Waals surface area contributed by atoms with E-state index in [0.717, 1.165) is 44.2 Å². The van der Waals surface area contributed by atoms with Crippen molar-refractivity contribution >= 4 is 23.3 Å². The van der Waals surface area contributed by atoms with Crippen LogP contribution >= 0.6 is 0 Å². The molecule has 0 spiro atoms. The van der Waals surface area contributed by atoms with E-state index in [1.807, 2.05) is 30.3 Å². The molecule has 10 heteroatoms. The normalized spacial score (nSPS) is 19.8. The van der Waals surface area contributed by atoms with Gasteiger partial charge in [-0.1, -0.05) is 0 Å². The van der Waals surface area contributed by atoms with Crippen molar-refractivity contribution < 1.29 is 23.8 Å². The minimum atomic E-state index is -0.242. The SMILES string of the molecule is COc1ccc(N2CCN(CCNC(=O)NC3CC(=O)N(c4ccc5c(c4)OCCO5)C3)CC2)cc1. The first-order chi connectivity index (χ1) is 17.6. The number of hydrogen-bond acceptors (Lipinski definition) is 7. The van der Waals surface area contributed by atoms with Gasteiger partial charge in [-0.25, -0.2) is 4.79 Å². The van der Waals surface area contributed by atoms with Gasteiger partial charge < -0.3 is 34.6 Å². The van der Waals surface area contributed by atoms with E-state index >= 15 is 0 Å². The third-order valence-electron chi connectivity index (χ3n) is 6.82. The summed E-state index contributed by atoms with van der Waals surface area (Å²) in [6.45, 7) is 6.56. The monoisotopic (exact) mass is 495 g/mol. The summed E-state index contributed by atoms with van der Waals surface area (Å²) in [5, 5.41) is 5.88. The molecule has 3 amide bonds. The van der Waals surface area contributed by atoms with Crippen molar-refractivity contribution in [3.63, 3.8) is 0 Å². The molecule has 192 valence electrons. The van der Waals surface area contributed by atoms with E-state index in [-0.39, 0.29) is 24.4 Å². The number of amides is 3. The van der Waals surface area contributed by atoms with Crippen molar-refractivity contribution in [2.24, 2.45) is 0 Å². The highest BCUT2D eigenvalue weighted by Crippen LogP contribution is 2.35. The summed E-state index contributed by atoms with van der Waals surface area (Å²) in [5.74, 6) is 2.17. The van der Waals surface area contributed by atoms with Crippen molar-refractivity contribution in [1.82, 2.24) is 15.5 Å². The molecule has 2 saturated heterocycles. The van der Waals surface area contributed by atoms with Crippen LogP contribution in [0.5, 0.6) is 17.2 Å². The van der Waals surface area contributed by atoms with E-state index in [0.29, 0.717) is 37.8 Å². The second-order valence-corrected chi connectivity index (χ2v) is 9.16. The summed E-state index contributed by atoms with van der Waals surface area (Å²) in [5.41, 5.74) is 1.95. The number of ether oxygens (including phenoxy) is 3. The lowest BCUT2D eigenvalue weighted by atomic mass is 10.2. The summed E-state index contributed by atoms with van der Waals surface area (Å²) >= 11 is 0. The highest BCUT2D eigenvalue weighted by molar-refractivity contribution is 5.97. The zero-order chi connectivity index (χ0) is 24.9. The quantitative estimate of drug-likeness (QED) is 0.604.